The molecule has 0 aliphatic rings. The summed E-state index contributed by atoms with van der Waals surface area (Å²) in [5.41, 5.74) is 4.72. The van der Waals surface area contributed by atoms with Crippen LogP contribution in [0.1, 0.15) is 47.0 Å². The molecule has 1 unspecified atom stereocenters. The fourth-order valence-electron chi connectivity index (χ4n) is 1.75. The molecule has 114 valence electrons. The van der Waals surface area contributed by atoms with E-state index in [1.165, 1.54) is 0 Å². The van der Waals surface area contributed by atoms with E-state index in [2.05, 4.69) is 12.2 Å². The molecule has 19 heavy (non-hydrogen) atoms. The Balaban J connectivity index is 3.74. The number of hydrogen-bond donors (Lipinski definition) is 2. The fraction of sp³-hybridized carbons (Fsp3) is 0.929. The summed E-state index contributed by atoms with van der Waals surface area (Å²) < 4.78 is 10.9. The molecule has 0 aliphatic carbocycles. The summed E-state index contributed by atoms with van der Waals surface area (Å²) in [7, 11) is 0. The molecule has 0 heterocycles. The third-order valence-corrected chi connectivity index (χ3v) is 2.91. The topological polar surface area (TPSA) is 73.6 Å². The van der Waals surface area contributed by atoms with Crippen LogP contribution in [0.2, 0.25) is 0 Å². The summed E-state index contributed by atoms with van der Waals surface area (Å²) in [6.07, 6.45) is 2.78. The van der Waals surface area contributed by atoms with Crippen molar-refractivity contribution in [3.05, 3.63) is 0 Å². The van der Waals surface area contributed by atoms with Crippen LogP contribution in [0.25, 0.3) is 0 Å². The number of ether oxygens (including phenoxy) is 2. The molecule has 0 bridgehead atoms. The second-order valence-corrected chi connectivity index (χ2v) is 5.32. The SMILES string of the molecule is CCCCOCCOCCC(C)(NC(C)C)C(N)=O. The van der Waals surface area contributed by atoms with Gasteiger partial charge in [0, 0.05) is 19.3 Å². The molecule has 1 amide bonds. The molecule has 0 fully saturated rings. The first-order valence-electron chi connectivity index (χ1n) is 7.15. The summed E-state index contributed by atoms with van der Waals surface area (Å²) in [5.74, 6) is -0.344. The number of rotatable bonds is 12. The van der Waals surface area contributed by atoms with Crippen molar-refractivity contribution in [3.8, 4) is 0 Å². The predicted octanol–water partition coefficient (Wildman–Crippen LogP) is 1.45. The highest BCUT2D eigenvalue weighted by Gasteiger charge is 2.30. The van der Waals surface area contributed by atoms with Crippen molar-refractivity contribution < 1.29 is 14.3 Å². The standard InChI is InChI=1S/C14H30N2O3/c1-5-6-8-18-10-11-19-9-7-14(4,13(15)17)16-12(2)3/h12,16H,5-11H2,1-4H3,(H2,15,17). The molecule has 1 atom stereocenters. The molecule has 0 radical (unpaired) electrons. The third-order valence-electron chi connectivity index (χ3n) is 2.91. The maximum atomic E-state index is 11.5. The van der Waals surface area contributed by atoms with Crippen molar-refractivity contribution in [1.82, 2.24) is 5.32 Å². The predicted molar refractivity (Wildman–Crippen MR) is 77.0 cm³/mol. The van der Waals surface area contributed by atoms with Crippen LogP contribution in [-0.4, -0.2) is 43.9 Å². The van der Waals surface area contributed by atoms with Gasteiger partial charge in [0.2, 0.25) is 5.91 Å². The van der Waals surface area contributed by atoms with Crippen molar-refractivity contribution in [2.24, 2.45) is 5.73 Å². The lowest BCUT2D eigenvalue weighted by atomic mass is 9.96. The Morgan fingerprint density at radius 3 is 2.26 bits per heavy atom. The molecule has 5 nitrogen and oxygen atoms in total. The number of amides is 1. The van der Waals surface area contributed by atoms with Crippen LogP contribution in [-0.2, 0) is 14.3 Å². The summed E-state index contributed by atoms with van der Waals surface area (Å²) in [6.45, 7) is 10.4. The van der Waals surface area contributed by atoms with E-state index in [1.54, 1.807) is 0 Å². The van der Waals surface area contributed by atoms with Crippen LogP contribution in [0.3, 0.4) is 0 Å². The van der Waals surface area contributed by atoms with Crippen LogP contribution < -0.4 is 11.1 Å². The van der Waals surface area contributed by atoms with Crippen LogP contribution in [0.4, 0.5) is 0 Å². The first-order valence-corrected chi connectivity index (χ1v) is 7.15. The molecular formula is C14H30N2O3. The lowest BCUT2D eigenvalue weighted by Gasteiger charge is -2.29. The van der Waals surface area contributed by atoms with Gasteiger partial charge in [-0.25, -0.2) is 0 Å². The van der Waals surface area contributed by atoms with Crippen molar-refractivity contribution in [3.63, 3.8) is 0 Å². The molecule has 0 aromatic rings. The number of primary amides is 1. The van der Waals surface area contributed by atoms with E-state index in [1.807, 2.05) is 20.8 Å². The highest BCUT2D eigenvalue weighted by molar-refractivity contribution is 5.84. The number of nitrogens with two attached hydrogens (primary N) is 1. The van der Waals surface area contributed by atoms with E-state index < -0.39 is 5.54 Å². The first kappa shape index (κ1) is 18.4. The van der Waals surface area contributed by atoms with Crippen molar-refractivity contribution >= 4 is 5.91 Å². The van der Waals surface area contributed by atoms with Gasteiger partial charge in [0.25, 0.3) is 0 Å². The zero-order valence-electron chi connectivity index (χ0n) is 12.8. The first-order chi connectivity index (χ1) is 8.92. The summed E-state index contributed by atoms with van der Waals surface area (Å²) in [4.78, 5) is 11.5. The van der Waals surface area contributed by atoms with Gasteiger partial charge in [0.1, 0.15) is 0 Å². The minimum absolute atomic E-state index is 0.204. The second-order valence-electron chi connectivity index (χ2n) is 5.32. The summed E-state index contributed by atoms with van der Waals surface area (Å²) >= 11 is 0. The minimum atomic E-state index is -0.711. The van der Waals surface area contributed by atoms with E-state index >= 15 is 0 Å². The molecule has 0 saturated heterocycles. The molecule has 0 rings (SSSR count). The van der Waals surface area contributed by atoms with E-state index in [0.29, 0.717) is 26.2 Å². The number of nitrogens with one attached hydrogen (secondary N) is 1. The Bertz CT molecular complexity index is 247. The maximum absolute atomic E-state index is 11.5. The van der Waals surface area contributed by atoms with E-state index in [0.717, 1.165) is 19.4 Å². The number of carbonyl (C=O) groups excluding carboxylic acids is 1. The van der Waals surface area contributed by atoms with Crippen molar-refractivity contribution in [2.75, 3.05) is 26.4 Å². The average Bonchev–Trinajstić information content (AvgIpc) is 2.31. The summed E-state index contributed by atoms with van der Waals surface area (Å²) in [6, 6.07) is 0.204. The lowest BCUT2D eigenvalue weighted by molar-refractivity contribution is -0.125. The van der Waals surface area contributed by atoms with Crippen molar-refractivity contribution in [1.29, 1.82) is 0 Å². The minimum Gasteiger partial charge on any atom is -0.379 e. The number of unbranched alkanes of at least 4 members (excludes halogenated alkanes) is 1. The van der Waals surface area contributed by atoms with Gasteiger partial charge in [-0.2, -0.15) is 0 Å². The highest BCUT2D eigenvalue weighted by atomic mass is 16.5. The molecular weight excluding hydrogens is 244 g/mol. The van der Waals surface area contributed by atoms with Crippen LogP contribution >= 0.6 is 0 Å². The van der Waals surface area contributed by atoms with Gasteiger partial charge in [0.15, 0.2) is 0 Å². The zero-order valence-corrected chi connectivity index (χ0v) is 12.8. The molecule has 0 saturated carbocycles. The smallest absolute Gasteiger partial charge is 0.237 e. The highest BCUT2D eigenvalue weighted by Crippen LogP contribution is 2.10. The molecule has 0 aromatic carbocycles. The Kier molecular flexibility index (Phi) is 9.83. The van der Waals surface area contributed by atoms with Gasteiger partial charge in [-0.15, -0.1) is 0 Å². The molecule has 0 aromatic heterocycles. The van der Waals surface area contributed by atoms with Gasteiger partial charge < -0.3 is 20.5 Å². The zero-order chi connectivity index (χ0) is 14.7. The quantitative estimate of drug-likeness (QED) is 0.528. The molecule has 5 heteroatoms. The molecule has 3 N–H and O–H groups in total. The Labute approximate surface area is 117 Å². The maximum Gasteiger partial charge on any atom is 0.237 e. The van der Waals surface area contributed by atoms with Gasteiger partial charge in [-0.1, -0.05) is 13.3 Å². The molecule has 0 spiro atoms. The Morgan fingerprint density at radius 1 is 1.21 bits per heavy atom. The van der Waals surface area contributed by atoms with Gasteiger partial charge in [-0.3, -0.25) is 4.79 Å². The Morgan fingerprint density at radius 2 is 1.79 bits per heavy atom. The lowest BCUT2D eigenvalue weighted by Crippen LogP contribution is -2.56. The number of hydrogen-bond acceptors (Lipinski definition) is 4. The fourth-order valence-corrected chi connectivity index (χ4v) is 1.75. The largest absolute Gasteiger partial charge is 0.379 e. The van der Waals surface area contributed by atoms with Gasteiger partial charge >= 0.3 is 0 Å². The second kappa shape index (κ2) is 10.2. The normalized spacial score (nSPS) is 14.6. The van der Waals surface area contributed by atoms with E-state index in [9.17, 15) is 4.79 Å². The van der Waals surface area contributed by atoms with Crippen LogP contribution in [0.15, 0.2) is 0 Å². The van der Waals surface area contributed by atoms with Gasteiger partial charge in [-0.05, 0) is 33.6 Å². The van der Waals surface area contributed by atoms with Gasteiger partial charge in [0.05, 0.1) is 18.8 Å². The van der Waals surface area contributed by atoms with Crippen molar-refractivity contribution in [2.45, 2.75) is 58.5 Å². The van der Waals surface area contributed by atoms with E-state index in [4.69, 9.17) is 15.2 Å². The number of carbonyl (C=O) groups is 1. The Hall–Kier alpha value is -0.650. The van der Waals surface area contributed by atoms with Crippen LogP contribution in [0.5, 0.6) is 0 Å². The third kappa shape index (κ3) is 8.97. The summed E-state index contributed by atoms with van der Waals surface area (Å²) in [5, 5.41) is 3.19. The van der Waals surface area contributed by atoms with Crippen LogP contribution in [0, 0.1) is 0 Å². The van der Waals surface area contributed by atoms with E-state index in [-0.39, 0.29) is 11.9 Å². The molecule has 0 aliphatic heterocycles. The monoisotopic (exact) mass is 274 g/mol. The average molecular weight is 274 g/mol.